The number of aliphatic hydroxyl groups is 1. The van der Waals surface area contributed by atoms with E-state index in [4.69, 9.17) is 10.00 Å². The summed E-state index contributed by atoms with van der Waals surface area (Å²) < 4.78 is 5.73. The van der Waals surface area contributed by atoms with Gasteiger partial charge in [-0.25, -0.2) is 0 Å². The van der Waals surface area contributed by atoms with Crippen LogP contribution in [0.1, 0.15) is 37.7 Å². The maximum Gasteiger partial charge on any atom is 0.101 e. The van der Waals surface area contributed by atoms with E-state index in [9.17, 15) is 5.11 Å². The average molecular weight is 274 g/mol. The quantitative estimate of drug-likeness (QED) is 0.837. The molecule has 1 aliphatic carbocycles. The minimum absolute atomic E-state index is 0.310. The van der Waals surface area contributed by atoms with Crippen molar-refractivity contribution in [3.05, 3.63) is 29.8 Å². The highest BCUT2D eigenvalue weighted by Gasteiger charge is 2.15. The lowest BCUT2D eigenvalue weighted by molar-refractivity contribution is -0.0195. The number of nitrogens with zero attached hydrogens (tertiary/aromatic N) is 1. The third-order valence-electron chi connectivity index (χ3n) is 3.65. The molecule has 4 nitrogen and oxygen atoms in total. The Kier molecular flexibility index (Phi) is 5.85. The molecule has 1 atom stereocenters. The first-order valence-corrected chi connectivity index (χ1v) is 7.32. The van der Waals surface area contributed by atoms with Gasteiger partial charge in [0.05, 0.1) is 30.1 Å². The Morgan fingerprint density at radius 3 is 2.80 bits per heavy atom. The van der Waals surface area contributed by atoms with E-state index in [1.165, 1.54) is 19.3 Å². The van der Waals surface area contributed by atoms with Gasteiger partial charge in [-0.3, -0.25) is 0 Å². The molecule has 0 saturated heterocycles. The van der Waals surface area contributed by atoms with Crippen LogP contribution in [0.4, 0.5) is 5.69 Å². The molecular weight excluding hydrogens is 252 g/mol. The SMILES string of the molecule is N#Cc1ccccc1NCC(O)COC1CCCCC1. The number of para-hydroxylation sites is 1. The molecule has 4 heteroatoms. The summed E-state index contributed by atoms with van der Waals surface area (Å²) in [6.07, 6.45) is 5.74. The zero-order valence-electron chi connectivity index (χ0n) is 11.7. The summed E-state index contributed by atoms with van der Waals surface area (Å²) in [7, 11) is 0. The molecule has 20 heavy (non-hydrogen) atoms. The summed E-state index contributed by atoms with van der Waals surface area (Å²) in [6, 6.07) is 9.42. The molecule has 108 valence electrons. The van der Waals surface area contributed by atoms with Gasteiger partial charge in [-0.2, -0.15) is 5.26 Å². The summed E-state index contributed by atoms with van der Waals surface area (Å²) in [5, 5.41) is 22.0. The van der Waals surface area contributed by atoms with Crippen LogP contribution < -0.4 is 5.32 Å². The first kappa shape index (κ1) is 14.8. The van der Waals surface area contributed by atoms with E-state index in [0.29, 0.717) is 24.8 Å². The Morgan fingerprint density at radius 1 is 1.30 bits per heavy atom. The van der Waals surface area contributed by atoms with Gasteiger partial charge in [-0.1, -0.05) is 31.4 Å². The van der Waals surface area contributed by atoms with E-state index >= 15 is 0 Å². The average Bonchev–Trinajstić information content (AvgIpc) is 2.52. The van der Waals surface area contributed by atoms with Crippen molar-refractivity contribution in [2.75, 3.05) is 18.5 Å². The van der Waals surface area contributed by atoms with Crippen LogP contribution in [-0.2, 0) is 4.74 Å². The van der Waals surface area contributed by atoms with Crippen LogP contribution >= 0.6 is 0 Å². The Bertz CT molecular complexity index is 450. The van der Waals surface area contributed by atoms with Crippen LogP contribution in [0, 0.1) is 11.3 Å². The summed E-state index contributed by atoms with van der Waals surface area (Å²) in [5.74, 6) is 0. The van der Waals surface area contributed by atoms with Gasteiger partial charge in [0.15, 0.2) is 0 Å². The molecule has 1 aromatic carbocycles. The van der Waals surface area contributed by atoms with Crippen LogP contribution in [0.3, 0.4) is 0 Å². The monoisotopic (exact) mass is 274 g/mol. The van der Waals surface area contributed by atoms with E-state index in [0.717, 1.165) is 18.5 Å². The second kappa shape index (κ2) is 7.88. The maximum atomic E-state index is 9.93. The van der Waals surface area contributed by atoms with Crippen molar-refractivity contribution in [2.24, 2.45) is 0 Å². The van der Waals surface area contributed by atoms with Crippen LogP contribution in [0.5, 0.6) is 0 Å². The predicted molar refractivity (Wildman–Crippen MR) is 78.5 cm³/mol. The standard InChI is InChI=1S/C16H22N2O2/c17-10-13-6-4-5-9-16(13)18-11-14(19)12-20-15-7-2-1-3-8-15/h4-6,9,14-15,18-19H,1-3,7-8,11-12H2. The molecule has 0 bridgehead atoms. The van der Waals surface area contributed by atoms with Crippen molar-refractivity contribution >= 4 is 5.69 Å². The normalized spacial score (nSPS) is 17.4. The molecule has 1 aromatic rings. The first-order chi connectivity index (χ1) is 9.79. The number of benzene rings is 1. The van der Waals surface area contributed by atoms with Gasteiger partial charge < -0.3 is 15.2 Å². The fourth-order valence-electron chi connectivity index (χ4n) is 2.50. The molecule has 1 aliphatic rings. The molecule has 0 aliphatic heterocycles. The molecule has 0 amide bonds. The molecule has 2 rings (SSSR count). The van der Waals surface area contributed by atoms with Crippen molar-refractivity contribution < 1.29 is 9.84 Å². The molecular formula is C16H22N2O2. The van der Waals surface area contributed by atoms with E-state index in [-0.39, 0.29) is 0 Å². The van der Waals surface area contributed by atoms with Gasteiger partial charge >= 0.3 is 0 Å². The minimum atomic E-state index is -0.552. The van der Waals surface area contributed by atoms with Gasteiger partial charge in [0, 0.05) is 6.54 Å². The first-order valence-electron chi connectivity index (χ1n) is 7.32. The van der Waals surface area contributed by atoms with Crippen LogP contribution in [-0.4, -0.2) is 30.5 Å². The van der Waals surface area contributed by atoms with Gasteiger partial charge in [-0.05, 0) is 25.0 Å². The second-order valence-electron chi connectivity index (χ2n) is 5.29. The van der Waals surface area contributed by atoms with Crippen LogP contribution in [0.2, 0.25) is 0 Å². The number of hydrogen-bond donors (Lipinski definition) is 2. The summed E-state index contributed by atoms with van der Waals surface area (Å²) in [5.41, 5.74) is 1.35. The number of ether oxygens (including phenoxy) is 1. The van der Waals surface area contributed by atoms with Crippen molar-refractivity contribution in [1.29, 1.82) is 5.26 Å². The Balaban J connectivity index is 1.72. The van der Waals surface area contributed by atoms with Crippen molar-refractivity contribution in [3.8, 4) is 6.07 Å². The summed E-state index contributed by atoms with van der Waals surface area (Å²) in [4.78, 5) is 0. The highest BCUT2D eigenvalue weighted by Crippen LogP contribution is 2.20. The lowest BCUT2D eigenvalue weighted by Gasteiger charge is -2.23. The van der Waals surface area contributed by atoms with E-state index in [2.05, 4.69) is 11.4 Å². The highest BCUT2D eigenvalue weighted by atomic mass is 16.5. The number of anilines is 1. The van der Waals surface area contributed by atoms with Crippen molar-refractivity contribution in [1.82, 2.24) is 0 Å². The van der Waals surface area contributed by atoms with Crippen molar-refractivity contribution in [3.63, 3.8) is 0 Å². The molecule has 0 aromatic heterocycles. The number of hydrogen-bond acceptors (Lipinski definition) is 4. The molecule has 0 radical (unpaired) electrons. The van der Waals surface area contributed by atoms with Gasteiger partial charge in [0.2, 0.25) is 0 Å². The molecule has 1 fully saturated rings. The Hall–Kier alpha value is -1.57. The smallest absolute Gasteiger partial charge is 0.101 e. The summed E-state index contributed by atoms with van der Waals surface area (Å²) in [6.45, 7) is 0.748. The lowest BCUT2D eigenvalue weighted by Crippen LogP contribution is -2.28. The summed E-state index contributed by atoms with van der Waals surface area (Å²) >= 11 is 0. The zero-order chi connectivity index (χ0) is 14.2. The Labute approximate surface area is 120 Å². The van der Waals surface area contributed by atoms with E-state index in [1.807, 2.05) is 18.2 Å². The van der Waals surface area contributed by atoms with Crippen molar-refractivity contribution in [2.45, 2.75) is 44.3 Å². The molecule has 1 unspecified atom stereocenters. The number of nitriles is 1. The molecule has 1 saturated carbocycles. The largest absolute Gasteiger partial charge is 0.389 e. The van der Waals surface area contributed by atoms with Gasteiger partial charge in [0.25, 0.3) is 0 Å². The Morgan fingerprint density at radius 2 is 2.05 bits per heavy atom. The van der Waals surface area contributed by atoms with E-state index < -0.39 is 6.10 Å². The topological polar surface area (TPSA) is 65.3 Å². The number of aliphatic hydroxyl groups excluding tert-OH is 1. The second-order valence-corrected chi connectivity index (χ2v) is 5.29. The fourth-order valence-corrected chi connectivity index (χ4v) is 2.50. The minimum Gasteiger partial charge on any atom is -0.389 e. The lowest BCUT2D eigenvalue weighted by atomic mass is 9.98. The van der Waals surface area contributed by atoms with Crippen LogP contribution in [0.15, 0.2) is 24.3 Å². The van der Waals surface area contributed by atoms with Crippen LogP contribution in [0.25, 0.3) is 0 Å². The predicted octanol–water partition coefficient (Wildman–Crippen LogP) is 2.68. The molecule has 2 N–H and O–H groups in total. The van der Waals surface area contributed by atoms with Gasteiger partial charge in [0.1, 0.15) is 6.07 Å². The van der Waals surface area contributed by atoms with E-state index in [1.54, 1.807) is 6.07 Å². The third-order valence-corrected chi connectivity index (χ3v) is 3.65. The highest BCUT2D eigenvalue weighted by molar-refractivity contribution is 5.57. The number of rotatable bonds is 6. The maximum absolute atomic E-state index is 9.93. The fraction of sp³-hybridized carbons (Fsp3) is 0.562. The third kappa shape index (κ3) is 4.52. The zero-order valence-corrected chi connectivity index (χ0v) is 11.7. The molecule has 0 heterocycles. The van der Waals surface area contributed by atoms with Gasteiger partial charge in [-0.15, -0.1) is 0 Å². The number of nitrogens with one attached hydrogen (secondary N) is 1. The molecule has 0 spiro atoms.